The van der Waals surface area contributed by atoms with Crippen LogP contribution in [0.3, 0.4) is 0 Å². The van der Waals surface area contributed by atoms with E-state index in [2.05, 4.69) is 5.10 Å². The molecule has 0 saturated heterocycles. The Morgan fingerprint density at radius 3 is 2.86 bits per heavy atom. The molecule has 2 aromatic heterocycles. The summed E-state index contributed by atoms with van der Waals surface area (Å²) in [6, 6.07) is 3.40. The predicted molar refractivity (Wildman–Crippen MR) is 50.1 cm³/mol. The first-order chi connectivity index (χ1) is 6.68. The number of furan rings is 1. The van der Waals surface area contributed by atoms with Gasteiger partial charge in [0, 0.05) is 7.05 Å². The van der Waals surface area contributed by atoms with Gasteiger partial charge in [-0.2, -0.15) is 5.10 Å². The van der Waals surface area contributed by atoms with Crippen molar-refractivity contribution < 1.29 is 9.21 Å². The van der Waals surface area contributed by atoms with Crippen molar-refractivity contribution in [3.8, 4) is 0 Å². The average molecular weight is 190 g/mol. The molecule has 0 saturated carbocycles. The van der Waals surface area contributed by atoms with Crippen LogP contribution >= 0.6 is 0 Å². The predicted octanol–water partition coefficient (Wildman–Crippen LogP) is 1.55. The number of rotatable bonds is 2. The molecule has 4 nitrogen and oxygen atoms in total. The third kappa shape index (κ3) is 1.35. The SMILES string of the molecule is Cc1cc(C(=O)c2ccoc2)n(C)n1. The summed E-state index contributed by atoms with van der Waals surface area (Å²) in [5.41, 5.74) is 1.95. The molecule has 0 atom stereocenters. The van der Waals surface area contributed by atoms with E-state index in [4.69, 9.17) is 4.42 Å². The lowest BCUT2D eigenvalue weighted by atomic mass is 10.1. The van der Waals surface area contributed by atoms with Crippen molar-refractivity contribution >= 4 is 5.78 Å². The summed E-state index contributed by atoms with van der Waals surface area (Å²) in [5.74, 6) is -0.0677. The smallest absolute Gasteiger partial charge is 0.214 e. The summed E-state index contributed by atoms with van der Waals surface area (Å²) >= 11 is 0. The van der Waals surface area contributed by atoms with Crippen LogP contribution in [0.25, 0.3) is 0 Å². The molecule has 0 aliphatic heterocycles. The maximum absolute atomic E-state index is 11.8. The lowest BCUT2D eigenvalue weighted by Gasteiger charge is -1.96. The second kappa shape index (κ2) is 3.14. The first-order valence-corrected chi connectivity index (χ1v) is 4.26. The van der Waals surface area contributed by atoms with Gasteiger partial charge in [-0.15, -0.1) is 0 Å². The summed E-state index contributed by atoms with van der Waals surface area (Å²) < 4.78 is 6.43. The van der Waals surface area contributed by atoms with Crippen LogP contribution in [0.4, 0.5) is 0 Å². The Morgan fingerprint density at radius 2 is 2.36 bits per heavy atom. The van der Waals surface area contributed by atoms with Crippen molar-refractivity contribution in [1.82, 2.24) is 9.78 Å². The van der Waals surface area contributed by atoms with Crippen LogP contribution in [0.2, 0.25) is 0 Å². The van der Waals surface area contributed by atoms with Gasteiger partial charge >= 0.3 is 0 Å². The third-order valence-electron chi connectivity index (χ3n) is 2.02. The average Bonchev–Trinajstić information content (AvgIpc) is 2.73. The zero-order valence-electron chi connectivity index (χ0n) is 8.02. The van der Waals surface area contributed by atoms with Crippen molar-refractivity contribution in [2.24, 2.45) is 7.05 Å². The highest BCUT2D eigenvalue weighted by atomic mass is 16.3. The van der Waals surface area contributed by atoms with E-state index in [1.807, 2.05) is 6.92 Å². The number of aromatic nitrogens is 2. The standard InChI is InChI=1S/C10H10N2O2/c1-7-5-9(12(2)11-7)10(13)8-3-4-14-6-8/h3-6H,1-2H3. The number of ketones is 1. The second-order valence-electron chi connectivity index (χ2n) is 3.14. The Kier molecular flexibility index (Phi) is 1.96. The molecule has 0 aliphatic carbocycles. The summed E-state index contributed by atoms with van der Waals surface area (Å²) in [7, 11) is 1.75. The Hall–Kier alpha value is -1.84. The van der Waals surface area contributed by atoms with E-state index < -0.39 is 0 Å². The number of aryl methyl sites for hydroxylation is 2. The third-order valence-corrected chi connectivity index (χ3v) is 2.02. The minimum Gasteiger partial charge on any atom is -0.472 e. The van der Waals surface area contributed by atoms with Crippen LogP contribution in [0.15, 0.2) is 29.1 Å². The lowest BCUT2D eigenvalue weighted by molar-refractivity contribution is 0.102. The number of carbonyl (C=O) groups is 1. The van der Waals surface area contributed by atoms with Gasteiger partial charge in [-0.25, -0.2) is 0 Å². The van der Waals surface area contributed by atoms with Gasteiger partial charge in [0.25, 0.3) is 0 Å². The molecule has 0 N–H and O–H groups in total. The first kappa shape index (κ1) is 8.74. The normalized spacial score (nSPS) is 10.4. The summed E-state index contributed by atoms with van der Waals surface area (Å²) in [4.78, 5) is 11.8. The number of carbonyl (C=O) groups excluding carboxylic acids is 1. The highest BCUT2D eigenvalue weighted by Gasteiger charge is 2.14. The van der Waals surface area contributed by atoms with Crippen molar-refractivity contribution in [2.75, 3.05) is 0 Å². The zero-order valence-corrected chi connectivity index (χ0v) is 8.02. The largest absolute Gasteiger partial charge is 0.472 e. The van der Waals surface area contributed by atoms with Crippen molar-refractivity contribution in [2.45, 2.75) is 6.92 Å². The molecule has 0 aromatic carbocycles. The van der Waals surface area contributed by atoms with Crippen LogP contribution in [0, 0.1) is 6.92 Å². The summed E-state index contributed by atoms with van der Waals surface area (Å²) in [6.07, 6.45) is 2.92. The Balaban J connectivity index is 2.41. The van der Waals surface area contributed by atoms with Gasteiger partial charge < -0.3 is 4.42 Å². The van der Waals surface area contributed by atoms with Crippen LogP contribution in [0.5, 0.6) is 0 Å². The van der Waals surface area contributed by atoms with E-state index >= 15 is 0 Å². The van der Waals surface area contributed by atoms with Gasteiger partial charge in [-0.1, -0.05) is 0 Å². The fourth-order valence-corrected chi connectivity index (χ4v) is 1.36. The van der Waals surface area contributed by atoms with Gasteiger partial charge in [0.2, 0.25) is 5.78 Å². The lowest BCUT2D eigenvalue weighted by Crippen LogP contribution is -2.06. The molecule has 0 amide bonds. The number of nitrogens with zero attached hydrogens (tertiary/aromatic N) is 2. The van der Waals surface area contributed by atoms with E-state index in [0.29, 0.717) is 11.3 Å². The molecule has 2 aromatic rings. The Bertz CT molecular complexity index is 454. The zero-order chi connectivity index (χ0) is 10.1. The molecule has 0 radical (unpaired) electrons. The van der Waals surface area contributed by atoms with E-state index in [1.54, 1.807) is 23.9 Å². The van der Waals surface area contributed by atoms with Crippen molar-refractivity contribution in [3.63, 3.8) is 0 Å². The summed E-state index contributed by atoms with van der Waals surface area (Å²) in [5, 5.41) is 4.11. The Morgan fingerprint density at radius 1 is 1.57 bits per heavy atom. The molecule has 0 fully saturated rings. The molecule has 72 valence electrons. The van der Waals surface area contributed by atoms with E-state index in [1.165, 1.54) is 12.5 Å². The summed E-state index contributed by atoms with van der Waals surface area (Å²) in [6.45, 7) is 1.85. The minimum atomic E-state index is -0.0677. The molecule has 4 heteroatoms. The molecule has 0 aliphatic rings. The molecule has 0 spiro atoms. The molecular formula is C10H10N2O2. The number of hydrogen-bond donors (Lipinski definition) is 0. The van der Waals surface area contributed by atoms with Crippen molar-refractivity contribution in [1.29, 1.82) is 0 Å². The van der Waals surface area contributed by atoms with Gasteiger partial charge in [0.15, 0.2) is 0 Å². The van der Waals surface area contributed by atoms with Gasteiger partial charge in [0.05, 0.1) is 17.5 Å². The quantitative estimate of drug-likeness (QED) is 0.675. The van der Waals surface area contributed by atoms with E-state index in [0.717, 1.165) is 5.69 Å². The van der Waals surface area contributed by atoms with Crippen LogP contribution in [0.1, 0.15) is 21.7 Å². The fourth-order valence-electron chi connectivity index (χ4n) is 1.36. The van der Waals surface area contributed by atoms with Gasteiger partial charge in [-0.3, -0.25) is 9.48 Å². The van der Waals surface area contributed by atoms with Crippen molar-refractivity contribution in [3.05, 3.63) is 41.6 Å². The second-order valence-corrected chi connectivity index (χ2v) is 3.14. The highest BCUT2D eigenvalue weighted by molar-refractivity contribution is 6.07. The van der Waals surface area contributed by atoms with Crippen LogP contribution in [-0.4, -0.2) is 15.6 Å². The van der Waals surface area contributed by atoms with E-state index in [9.17, 15) is 4.79 Å². The molecule has 2 rings (SSSR count). The minimum absolute atomic E-state index is 0.0677. The number of hydrogen-bond acceptors (Lipinski definition) is 3. The maximum atomic E-state index is 11.8. The van der Waals surface area contributed by atoms with Gasteiger partial charge in [-0.05, 0) is 19.1 Å². The van der Waals surface area contributed by atoms with Crippen LogP contribution in [-0.2, 0) is 7.05 Å². The maximum Gasteiger partial charge on any atom is 0.214 e. The molecule has 0 unspecified atom stereocenters. The molecular weight excluding hydrogens is 180 g/mol. The fraction of sp³-hybridized carbons (Fsp3) is 0.200. The molecule has 2 heterocycles. The molecule has 14 heavy (non-hydrogen) atoms. The first-order valence-electron chi connectivity index (χ1n) is 4.26. The Labute approximate surface area is 81.1 Å². The van der Waals surface area contributed by atoms with Gasteiger partial charge in [0.1, 0.15) is 12.0 Å². The topological polar surface area (TPSA) is 48.0 Å². The monoisotopic (exact) mass is 190 g/mol. The highest BCUT2D eigenvalue weighted by Crippen LogP contribution is 2.10. The molecule has 0 bridgehead atoms. The van der Waals surface area contributed by atoms with Crippen LogP contribution < -0.4 is 0 Å². The van der Waals surface area contributed by atoms with E-state index in [-0.39, 0.29) is 5.78 Å².